The molecule has 0 fully saturated rings. The second-order valence-corrected chi connectivity index (χ2v) is 13.6. The molecular formula is C19H32FN3O2Si. The standard InChI is InChI=1S/C19H32FN3O2Si/c1-7-22(2)9-8-16-19-17(12-15(20)13-18(19)24-3)23(21-16)14-25-10-11-26(4,5)6/h12-13H,7-11,14H2,1-6H3. The molecule has 7 heteroatoms. The van der Waals surface area contributed by atoms with Crippen molar-refractivity contribution in [3.8, 4) is 5.75 Å². The van der Waals surface area contributed by atoms with Crippen molar-refractivity contribution >= 4 is 19.0 Å². The van der Waals surface area contributed by atoms with Crippen LogP contribution in [0.1, 0.15) is 12.6 Å². The predicted octanol–water partition coefficient (Wildman–Crippen LogP) is 3.99. The van der Waals surface area contributed by atoms with Crippen LogP contribution in [0.25, 0.3) is 10.9 Å². The number of methoxy groups -OCH3 is 1. The summed E-state index contributed by atoms with van der Waals surface area (Å²) >= 11 is 0. The van der Waals surface area contributed by atoms with Gasteiger partial charge in [-0.25, -0.2) is 9.07 Å². The average molecular weight is 382 g/mol. The summed E-state index contributed by atoms with van der Waals surface area (Å²) in [6.07, 6.45) is 0.782. The maximum Gasteiger partial charge on any atom is 0.140 e. The smallest absolute Gasteiger partial charge is 0.140 e. The van der Waals surface area contributed by atoms with Gasteiger partial charge in [0.15, 0.2) is 0 Å². The maximum absolute atomic E-state index is 14.0. The van der Waals surface area contributed by atoms with Crippen molar-refractivity contribution in [3.05, 3.63) is 23.6 Å². The van der Waals surface area contributed by atoms with Gasteiger partial charge in [0.2, 0.25) is 0 Å². The molecule has 0 atom stereocenters. The molecule has 1 aromatic heterocycles. The Morgan fingerprint density at radius 1 is 1.27 bits per heavy atom. The Balaban J connectivity index is 2.26. The first-order valence-corrected chi connectivity index (χ1v) is 12.9. The lowest BCUT2D eigenvalue weighted by Crippen LogP contribution is -2.22. The van der Waals surface area contributed by atoms with E-state index in [4.69, 9.17) is 14.6 Å². The highest BCUT2D eigenvalue weighted by Crippen LogP contribution is 2.30. The molecule has 0 N–H and O–H groups in total. The van der Waals surface area contributed by atoms with E-state index in [1.807, 2.05) is 0 Å². The van der Waals surface area contributed by atoms with Crippen molar-refractivity contribution in [1.82, 2.24) is 14.7 Å². The molecule has 146 valence electrons. The number of likely N-dealkylation sites (N-methyl/N-ethyl adjacent to an activating group) is 1. The SMILES string of the molecule is CCN(C)CCc1nn(COCC[Si](C)(C)C)c2cc(F)cc(OC)c12. The van der Waals surface area contributed by atoms with Gasteiger partial charge in [-0.3, -0.25) is 0 Å². The number of benzene rings is 1. The fraction of sp³-hybridized carbons (Fsp3) is 0.632. The number of ether oxygens (including phenoxy) is 2. The van der Waals surface area contributed by atoms with Gasteiger partial charge in [-0.2, -0.15) is 5.10 Å². The summed E-state index contributed by atoms with van der Waals surface area (Å²) in [4.78, 5) is 2.23. The van der Waals surface area contributed by atoms with Crippen LogP contribution in [0.2, 0.25) is 25.7 Å². The highest BCUT2D eigenvalue weighted by atomic mass is 28.3. The van der Waals surface area contributed by atoms with Crippen molar-refractivity contribution in [1.29, 1.82) is 0 Å². The summed E-state index contributed by atoms with van der Waals surface area (Å²) in [7, 11) is 2.51. The van der Waals surface area contributed by atoms with Gasteiger partial charge in [-0.15, -0.1) is 0 Å². The minimum atomic E-state index is -1.14. The molecule has 26 heavy (non-hydrogen) atoms. The first kappa shape index (κ1) is 20.9. The first-order valence-electron chi connectivity index (χ1n) is 9.24. The topological polar surface area (TPSA) is 39.5 Å². The Morgan fingerprint density at radius 3 is 2.62 bits per heavy atom. The third-order valence-corrected chi connectivity index (χ3v) is 6.26. The molecule has 1 heterocycles. The number of hydrogen-bond acceptors (Lipinski definition) is 4. The Labute approximate surface area is 157 Å². The number of rotatable bonds is 10. The molecule has 2 rings (SSSR count). The summed E-state index contributed by atoms with van der Waals surface area (Å²) in [5, 5.41) is 5.59. The van der Waals surface area contributed by atoms with Crippen LogP contribution in [0.15, 0.2) is 12.1 Å². The highest BCUT2D eigenvalue weighted by molar-refractivity contribution is 6.76. The third-order valence-electron chi connectivity index (χ3n) is 4.55. The minimum Gasteiger partial charge on any atom is -0.496 e. The van der Waals surface area contributed by atoms with Crippen molar-refractivity contribution in [3.63, 3.8) is 0 Å². The van der Waals surface area contributed by atoms with E-state index in [-0.39, 0.29) is 5.82 Å². The number of halogens is 1. The zero-order chi connectivity index (χ0) is 19.3. The first-order chi connectivity index (χ1) is 12.2. The van der Waals surface area contributed by atoms with Gasteiger partial charge in [-0.05, 0) is 19.6 Å². The third kappa shape index (κ3) is 5.53. The van der Waals surface area contributed by atoms with Gasteiger partial charge >= 0.3 is 0 Å². The molecule has 0 aliphatic rings. The van der Waals surface area contributed by atoms with Crippen LogP contribution < -0.4 is 4.74 Å². The number of hydrogen-bond donors (Lipinski definition) is 0. The lowest BCUT2D eigenvalue weighted by atomic mass is 10.1. The van der Waals surface area contributed by atoms with Gasteiger partial charge in [0.1, 0.15) is 18.3 Å². The molecule has 0 spiro atoms. The van der Waals surface area contributed by atoms with Gasteiger partial charge in [0, 0.05) is 39.8 Å². The Bertz CT molecular complexity index is 728. The fourth-order valence-electron chi connectivity index (χ4n) is 2.73. The molecule has 2 aromatic rings. The second kappa shape index (κ2) is 8.97. The van der Waals surface area contributed by atoms with Crippen LogP contribution in [0.5, 0.6) is 5.75 Å². The van der Waals surface area contributed by atoms with Crippen LogP contribution in [0.3, 0.4) is 0 Å². The van der Waals surface area contributed by atoms with Crippen LogP contribution in [0.4, 0.5) is 4.39 Å². The molecule has 0 radical (unpaired) electrons. The van der Waals surface area contributed by atoms with Crippen molar-refractivity contribution in [2.45, 2.75) is 45.8 Å². The molecule has 0 amide bonds. The van der Waals surface area contributed by atoms with Crippen LogP contribution >= 0.6 is 0 Å². The molecular weight excluding hydrogens is 349 g/mol. The van der Waals surface area contributed by atoms with E-state index in [2.05, 4.69) is 38.5 Å². The summed E-state index contributed by atoms with van der Waals surface area (Å²) in [6.45, 7) is 12.0. The van der Waals surface area contributed by atoms with E-state index in [0.29, 0.717) is 19.1 Å². The molecule has 0 saturated carbocycles. The Kier molecular flexibility index (Phi) is 7.20. The van der Waals surface area contributed by atoms with Crippen molar-refractivity contribution in [2.24, 2.45) is 0 Å². The fourth-order valence-corrected chi connectivity index (χ4v) is 3.49. The zero-order valence-electron chi connectivity index (χ0n) is 16.9. The van der Waals surface area contributed by atoms with Gasteiger partial charge in [-0.1, -0.05) is 26.6 Å². The van der Waals surface area contributed by atoms with Gasteiger partial charge < -0.3 is 14.4 Å². The lowest BCUT2D eigenvalue weighted by molar-refractivity contribution is 0.0813. The van der Waals surface area contributed by atoms with Crippen molar-refractivity contribution in [2.75, 3.05) is 33.9 Å². The quantitative estimate of drug-likeness (QED) is 0.461. The number of nitrogens with zero attached hydrogens (tertiary/aromatic N) is 3. The van der Waals surface area contributed by atoms with E-state index in [1.54, 1.807) is 11.8 Å². The summed E-state index contributed by atoms with van der Waals surface area (Å²) in [6, 6.07) is 4.03. The molecule has 5 nitrogen and oxygen atoms in total. The molecule has 0 bridgehead atoms. The lowest BCUT2D eigenvalue weighted by Gasteiger charge is -2.15. The second-order valence-electron chi connectivity index (χ2n) is 7.94. The largest absolute Gasteiger partial charge is 0.496 e. The summed E-state index contributed by atoms with van der Waals surface area (Å²) in [5.74, 6) is 0.206. The summed E-state index contributed by atoms with van der Waals surface area (Å²) < 4.78 is 27.0. The highest BCUT2D eigenvalue weighted by Gasteiger charge is 2.18. The van der Waals surface area contributed by atoms with Crippen LogP contribution in [-0.2, 0) is 17.9 Å². The monoisotopic (exact) mass is 381 g/mol. The Hall–Kier alpha value is -1.44. The molecule has 1 aromatic carbocycles. The molecule has 0 saturated heterocycles. The normalized spacial score (nSPS) is 12.3. The minimum absolute atomic E-state index is 0.324. The zero-order valence-corrected chi connectivity index (χ0v) is 17.9. The Morgan fingerprint density at radius 2 is 2.00 bits per heavy atom. The van der Waals surface area contributed by atoms with Gasteiger partial charge in [0.25, 0.3) is 0 Å². The van der Waals surface area contributed by atoms with Crippen LogP contribution in [-0.4, -0.2) is 56.6 Å². The summed E-state index contributed by atoms with van der Waals surface area (Å²) in [5.41, 5.74) is 1.65. The maximum atomic E-state index is 14.0. The molecule has 0 unspecified atom stereocenters. The van der Waals surface area contributed by atoms with E-state index < -0.39 is 8.07 Å². The van der Waals surface area contributed by atoms with Gasteiger partial charge in [0.05, 0.1) is 23.7 Å². The predicted molar refractivity (Wildman–Crippen MR) is 107 cm³/mol. The van der Waals surface area contributed by atoms with E-state index in [0.717, 1.165) is 42.2 Å². The average Bonchev–Trinajstić information content (AvgIpc) is 2.92. The molecule has 0 aliphatic carbocycles. The van der Waals surface area contributed by atoms with Crippen molar-refractivity contribution < 1.29 is 13.9 Å². The number of aromatic nitrogens is 2. The van der Waals surface area contributed by atoms with E-state index in [1.165, 1.54) is 12.1 Å². The van der Waals surface area contributed by atoms with E-state index >= 15 is 0 Å². The van der Waals surface area contributed by atoms with Crippen LogP contribution in [0, 0.1) is 5.82 Å². The van der Waals surface area contributed by atoms with E-state index in [9.17, 15) is 4.39 Å². The number of fused-ring (bicyclic) bond motifs is 1. The molecule has 0 aliphatic heterocycles.